The van der Waals surface area contributed by atoms with Crippen LogP contribution in [0.1, 0.15) is 21.7 Å². The largest absolute Gasteiger partial charge is 0.322 e. The van der Waals surface area contributed by atoms with Crippen molar-refractivity contribution in [3.63, 3.8) is 0 Å². The lowest BCUT2D eigenvalue weighted by molar-refractivity contribution is 0.102. The third-order valence-corrected chi connectivity index (χ3v) is 5.21. The van der Waals surface area contributed by atoms with Crippen LogP contribution in [0.5, 0.6) is 0 Å². The third kappa shape index (κ3) is 4.35. The summed E-state index contributed by atoms with van der Waals surface area (Å²) in [6.07, 6.45) is 5.09. The monoisotopic (exact) mass is 386 g/mol. The molecule has 2 aromatic heterocycles. The number of pyridine rings is 1. The number of aromatic nitrogens is 3. The minimum absolute atomic E-state index is 0.138. The topological polar surface area (TPSA) is 67.8 Å². The second-order valence-electron chi connectivity index (χ2n) is 6.33. The first kappa shape index (κ1) is 18.1. The van der Waals surface area contributed by atoms with Crippen LogP contribution in [0.4, 0.5) is 5.69 Å². The average molecular weight is 386 g/mol. The van der Waals surface area contributed by atoms with Crippen molar-refractivity contribution < 1.29 is 4.79 Å². The van der Waals surface area contributed by atoms with Crippen LogP contribution in [0.2, 0.25) is 0 Å². The summed E-state index contributed by atoms with van der Waals surface area (Å²) >= 11 is 1.62. The summed E-state index contributed by atoms with van der Waals surface area (Å²) < 4.78 is 0. The molecule has 6 heteroatoms. The van der Waals surface area contributed by atoms with Gasteiger partial charge in [-0.1, -0.05) is 12.1 Å². The quantitative estimate of drug-likeness (QED) is 0.495. The van der Waals surface area contributed by atoms with Crippen molar-refractivity contribution in [3.8, 4) is 0 Å². The van der Waals surface area contributed by atoms with E-state index in [9.17, 15) is 4.79 Å². The molecule has 2 aromatic carbocycles. The Balaban J connectivity index is 1.46. The van der Waals surface area contributed by atoms with Gasteiger partial charge in [-0.05, 0) is 49.4 Å². The highest BCUT2D eigenvalue weighted by Crippen LogP contribution is 2.23. The van der Waals surface area contributed by atoms with Gasteiger partial charge in [0.1, 0.15) is 0 Å². The van der Waals surface area contributed by atoms with Gasteiger partial charge in [0.05, 0.1) is 11.2 Å². The number of anilines is 1. The van der Waals surface area contributed by atoms with Crippen molar-refractivity contribution in [1.82, 2.24) is 15.0 Å². The van der Waals surface area contributed by atoms with Gasteiger partial charge < -0.3 is 5.32 Å². The van der Waals surface area contributed by atoms with E-state index in [2.05, 4.69) is 20.3 Å². The Hall–Kier alpha value is -3.25. The van der Waals surface area contributed by atoms with E-state index in [0.29, 0.717) is 11.3 Å². The van der Waals surface area contributed by atoms with E-state index in [1.165, 1.54) is 0 Å². The Morgan fingerprint density at radius 2 is 2.00 bits per heavy atom. The normalized spacial score (nSPS) is 10.8. The summed E-state index contributed by atoms with van der Waals surface area (Å²) in [4.78, 5) is 26.5. The second-order valence-corrected chi connectivity index (χ2v) is 7.38. The lowest BCUT2D eigenvalue weighted by atomic mass is 10.1. The lowest BCUT2D eigenvalue weighted by Gasteiger charge is -2.08. The third-order valence-electron chi connectivity index (χ3n) is 4.19. The van der Waals surface area contributed by atoms with Crippen molar-refractivity contribution in [2.45, 2.75) is 17.6 Å². The van der Waals surface area contributed by atoms with Crippen LogP contribution >= 0.6 is 11.8 Å². The molecule has 0 saturated heterocycles. The number of fused-ring (bicyclic) bond motifs is 1. The van der Waals surface area contributed by atoms with Gasteiger partial charge in [0.15, 0.2) is 0 Å². The van der Waals surface area contributed by atoms with Gasteiger partial charge in [-0.15, -0.1) is 11.8 Å². The van der Waals surface area contributed by atoms with E-state index in [1.54, 1.807) is 30.4 Å². The maximum atomic E-state index is 12.7. The van der Waals surface area contributed by atoms with Gasteiger partial charge in [0.25, 0.3) is 5.91 Å². The molecule has 4 rings (SSSR count). The number of carbonyl (C=O) groups excluding carboxylic acids is 1. The highest BCUT2D eigenvalue weighted by molar-refractivity contribution is 7.98. The number of thioether (sulfide) groups is 1. The van der Waals surface area contributed by atoms with Gasteiger partial charge in [0.2, 0.25) is 0 Å². The highest BCUT2D eigenvalue weighted by Gasteiger charge is 2.08. The molecule has 0 bridgehead atoms. The molecule has 4 aromatic rings. The number of nitrogens with zero attached hydrogens (tertiary/aromatic N) is 3. The fraction of sp³-hybridized carbons (Fsp3) is 0.0909. The smallest absolute Gasteiger partial charge is 0.255 e. The van der Waals surface area contributed by atoms with Crippen LogP contribution in [0.15, 0.2) is 78.1 Å². The number of nitrogens with one attached hydrogen (secondary N) is 1. The maximum absolute atomic E-state index is 12.7. The van der Waals surface area contributed by atoms with Crippen LogP contribution in [-0.2, 0) is 5.75 Å². The average Bonchev–Trinajstić information content (AvgIpc) is 2.73. The fourth-order valence-electron chi connectivity index (χ4n) is 2.80. The molecule has 2 heterocycles. The first-order valence-corrected chi connectivity index (χ1v) is 9.82. The molecule has 28 heavy (non-hydrogen) atoms. The van der Waals surface area contributed by atoms with Gasteiger partial charge in [0, 0.05) is 51.6 Å². The number of hydrogen-bond acceptors (Lipinski definition) is 5. The van der Waals surface area contributed by atoms with Crippen LogP contribution < -0.4 is 5.32 Å². The minimum atomic E-state index is -0.138. The molecule has 0 atom stereocenters. The van der Waals surface area contributed by atoms with Crippen LogP contribution in [0.25, 0.3) is 10.9 Å². The van der Waals surface area contributed by atoms with Crippen molar-refractivity contribution in [1.29, 1.82) is 0 Å². The molecule has 0 aliphatic rings. The van der Waals surface area contributed by atoms with Crippen molar-refractivity contribution in [3.05, 3.63) is 90.1 Å². The first-order valence-electron chi connectivity index (χ1n) is 8.84. The Kier molecular flexibility index (Phi) is 5.30. The van der Waals surface area contributed by atoms with Gasteiger partial charge >= 0.3 is 0 Å². The number of aryl methyl sites for hydroxylation is 1. The van der Waals surface area contributed by atoms with E-state index >= 15 is 0 Å². The zero-order valence-corrected chi connectivity index (χ0v) is 16.1. The van der Waals surface area contributed by atoms with Gasteiger partial charge in [-0.3, -0.25) is 19.7 Å². The molecule has 0 spiro atoms. The molecule has 1 N–H and O–H groups in total. The van der Waals surface area contributed by atoms with E-state index in [0.717, 1.165) is 32.9 Å². The van der Waals surface area contributed by atoms with Crippen molar-refractivity contribution in [2.24, 2.45) is 0 Å². The molecule has 0 fully saturated rings. The summed E-state index contributed by atoms with van der Waals surface area (Å²) in [5.41, 5.74) is 4.16. The molecule has 0 saturated carbocycles. The van der Waals surface area contributed by atoms with Crippen molar-refractivity contribution >= 4 is 34.3 Å². The molecule has 0 radical (unpaired) electrons. The Morgan fingerprint density at radius 1 is 1.07 bits per heavy atom. The molecule has 138 valence electrons. The minimum Gasteiger partial charge on any atom is -0.322 e. The Labute approximate surface area is 167 Å². The molecule has 0 aliphatic heterocycles. The molecule has 0 aliphatic carbocycles. The zero-order valence-electron chi connectivity index (χ0n) is 15.3. The number of benzene rings is 2. The number of amides is 1. The van der Waals surface area contributed by atoms with E-state index in [4.69, 9.17) is 0 Å². The standard InChI is InChI=1S/C22H18N4OS/c1-15-5-6-16-11-18(7-8-21(16)25-15)26-22(27)17-3-2-4-20(12-17)28-14-19-13-23-9-10-24-19/h2-13H,14H2,1H3,(H,26,27). The van der Waals surface area contributed by atoms with Gasteiger partial charge in [-0.2, -0.15) is 0 Å². The molecular weight excluding hydrogens is 368 g/mol. The van der Waals surface area contributed by atoms with E-state index in [-0.39, 0.29) is 5.91 Å². The number of rotatable bonds is 5. The molecule has 0 unspecified atom stereocenters. The van der Waals surface area contributed by atoms with Crippen LogP contribution in [0, 0.1) is 6.92 Å². The summed E-state index contributed by atoms with van der Waals surface area (Å²) in [5, 5.41) is 3.96. The Bertz CT molecular complexity index is 1130. The first-order chi connectivity index (χ1) is 13.7. The van der Waals surface area contributed by atoms with Crippen molar-refractivity contribution in [2.75, 3.05) is 5.32 Å². The second kappa shape index (κ2) is 8.19. The summed E-state index contributed by atoms with van der Waals surface area (Å²) in [7, 11) is 0. The number of carbonyl (C=O) groups is 1. The maximum Gasteiger partial charge on any atom is 0.255 e. The zero-order chi connectivity index (χ0) is 19.3. The lowest BCUT2D eigenvalue weighted by Crippen LogP contribution is -2.11. The molecule has 5 nitrogen and oxygen atoms in total. The Morgan fingerprint density at radius 3 is 2.86 bits per heavy atom. The fourth-order valence-corrected chi connectivity index (χ4v) is 3.65. The highest BCUT2D eigenvalue weighted by atomic mass is 32.2. The molecule has 1 amide bonds. The predicted octanol–water partition coefficient (Wildman–Crippen LogP) is 4.88. The van der Waals surface area contributed by atoms with Crippen LogP contribution in [-0.4, -0.2) is 20.9 Å². The predicted molar refractivity (Wildman–Crippen MR) is 112 cm³/mol. The van der Waals surface area contributed by atoms with E-state index in [1.807, 2.05) is 61.5 Å². The van der Waals surface area contributed by atoms with Crippen LogP contribution in [0.3, 0.4) is 0 Å². The van der Waals surface area contributed by atoms with Gasteiger partial charge in [-0.25, -0.2) is 0 Å². The number of hydrogen-bond donors (Lipinski definition) is 1. The molecular formula is C22H18N4OS. The summed E-state index contributed by atoms with van der Waals surface area (Å²) in [6.45, 7) is 1.96. The summed E-state index contributed by atoms with van der Waals surface area (Å²) in [5.74, 6) is 0.567. The van der Waals surface area contributed by atoms with E-state index < -0.39 is 0 Å². The SMILES string of the molecule is Cc1ccc2cc(NC(=O)c3cccc(SCc4cnccn4)c3)ccc2n1. The summed E-state index contributed by atoms with van der Waals surface area (Å²) in [6, 6.07) is 17.3.